The fourth-order valence-corrected chi connectivity index (χ4v) is 5.17. The van der Waals surface area contributed by atoms with Gasteiger partial charge >= 0.3 is 0 Å². The molecule has 3 aromatic rings. The van der Waals surface area contributed by atoms with Crippen LogP contribution in [0.5, 0.6) is 0 Å². The highest BCUT2D eigenvalue weighted by molar-refractivity contribution is 5.75. The van der Waals surface area contributed by atoms with E-state index in [1.165, 1.54) is 5.56 Å². The molecule has 2 aromatic carbocycles. The SMILES string of the molecule is N#Cc1cccc(CN2C[C@H]3C[C@@H](n4cnc5ccccc54)[C@H](O)C[C@H]3C2)c1. The number of imidazole rings is 1. The zero-order valence-electron chi connectivity index (χ0n) is 15.8. The average Bonchev–Trinajstić information content (AvgIpc) is 3.30. The maximum Gasteiger partial charge on any atom is 0.0991 e. The van der Waals surface area contributed by atoms with Crippen LogP contribution in [0.3, 0.4) is 0 Å². The predicted octanol–water partition coefficient (Wildman–Crippen LogP) is 3.35. The van der Waals surface area contributed by atoms with Crippen LogP contribution in [-0.4, -0.2) is 38.8 Å². The number of nitriles is 1. The Morgan fingerprint density at radius 1 is 1.07 bits per heavy atom. The first-order chi connectivity index (χ1) is 13.7. The molecular weight excluding hydrogens is 348 g/mol. The molecule has 0 unspecified atom stereocenters. The van der Waals surface area contributed by atoms with E-state index in [2.05, 4.69) is 32.7 Å². The summed E-state index contributed by atoms with van der Waals surface area (Å²) in [5, 5.41) is 20.0. The summed E-state index contributed by atoms with van der Waals surface area (Å²) in [5.41, 5.74) is 4.00. The third kappa shape index (κ3) is 3.09. The molecule has 0 bridgehead atoms. The molecule has 1 aromatic heterocycles. The molecule has 2 aliphatic rings. The quantitative estimate of drug-likeness (QED) is 0.766. The Bertz CT molecular complexity index is 1040. The van der Waals surface area contributed by atoms with E-state index in [9.17, 15) is 5.11 Å². The summed E-state index contributed by atoms with van der Waals surface area (Å²) in [5.74, 6) is 1.13. The number of rotatable bonds is 3. The fourth-order valence-electron chi connectivity index (χ4n) is 5.17. The van der Waals surface area contributed by atoms with E-state index in [-0.39, 0.29) is 12.1 Å². The molecule has 5 rings (SSSR count). The lowest BCUT2D eigenvalue weighted by molar-refractivity contribution is 0.0374. The molecule has 0 amide bonds. The van der Waals surface area contributed by atoms with Gasteiger partial charge in [0.1, 0.15) is 0 Å². The van der Waals surface area contributed by atoms with Crippen LogP contribution in [0.15, 0.2) is 54.9 Å². The second-order valence-electron chi connectivity index (χ2n) is 8.27. The van der Waals surface area contributed by atoms with E-state index in [0.717, 1.165) is 49.1 Å². The first-order valence-corrected chi connectivity index (χ1v) is 10.0. The summed E-state index contributed by atoms with van der Waals surface area (Å²) in [4.78, 5) is 7.00. The van der Waals surface area contributed by atoms with Gasteiger partial charge in [0.15, 0.2) is 0 Å². The largest absolute Gasteiger partial charge is 0.391 e. The van der Waals surface area contributed by atoms with Gasteiger partial charge in [-0.15, -0.1) is 0 Å². The fraction of sp³-hybridized carbons (Fsp3) is 0.391. The predicted molar refractivity (Wildman–Crippen MR) is 107 cm³/mol. The highest BCUT2D eigenvalue weighted by Gasteiger charge is 2.42. The number of aromatic nitrogens is 2. The standard InChI is InChI=1S/C23H24N4O/c24-11-16-4-3-5-17(8-16)12-26-13-18-9-22(23(28)10-19(18)14-26)27-15-25-20-6-1-2-7-21(20)27/h1-8,15,18-19,22-23,28H,9-10,12-14H2/t18-,19+,22-,23-/m1/s1. The molecule has 1 saturated heterocycles. The number of likely N-dealkylation sites (tertiary alicyclic amines) is 1. The molecule has 0 spiro atoms. The maximum absolute atomic E-state index is 10.9. The highest BCUT2D eigenvalue weighted by Crippen LogP contribution is 2.42. The van der Waals surface area contributed by atoms with Crippen molar-refractivity contribution < 1.29 is 5.11 Å². The topological polar surface area (TPSA) is 65.1 Å². The van der Waals surface area contributed by atoms with Crippen molar-refractivity contribution >= 4 is 11.0 Å². The zero-order chi connectivity index (χ0) is 19.1. The summed E-state index contributed by atoms with van der Waals surface area (Å²) >= 11 is 0. The molecule has 1 saturated carbocycles. The van der Waals surface area contributed by atoms with Crippen molar-refractivity contribution in [3.63, 3.8) is 0 Å². The minimum atomic E-state index is -0.333. The van der Waals surface area contributed by atoms with Crippen molar-refractivity contribution in [2.75, 3.05) is 13.1 Å². The monoisotopic (exact) mass is 372 g/mol. The average molecular weight is 372 g/mol. The van der Waals surface area contributed by atoms with Gasteiger partial charge in [-0.1, -0.05) is 24.3 Å². The van der Waals surface area contributed by atoms with E-state index < -0.39 is 0 Å². The van der Waals surface area contributed by atoms with Gasteiger partial charge in [-0.05, 0) is 54.5 Å². The third-order valence-electron chi connectivity index (χ3n) is 6.49. The summed E-state index contributed by atoms with van der Waals surface area (Å²) in [6.45, 7) is 2.95. The van der Waals surface area contributed by atoms with Gasteiger partial charge < -0.3 is 9.67 Å². The van der Waals surface area contributed by atoms with Crippen LogP contribution in [0, 0.1) is 23.2 Å². The molecule has 142 valence electrons. The minimum Gasteiger partial charge on any atom is -0.391 e. The van der Waals surface area contributed by atoms with E-state index in [1.54, 1.807) is 0 Å². The zero-order valence-corrected chi connectivity index (χ0v) is 15.8. The molecule has 28 heavy (non-hydrogen) atoms. The number of hydrogen-bond donors (Lipinski definition) is 1. The minimum absolute atomic E-state index is 0.0931. The maximum atomic E-state index is 10.9. The van der Waals surface area contributed by atoms with Gasteiger partial charge in [0.05, 0.1) is 41.1 Å². The first-order valence-electron chi connectivity index (χ1n) is 10.0. The van der Waals surface area contributed by atoms with Gasteiger partial charge in [0.2, 0.25) is 0 Å². The van der Waals surface area contributed by atoms with Gasteiger partial charge in [-0.3, -0.25) is 4.90 Å². The molecule has 1 aliphatic carbocycles. The molecular formula is C23H24N4O. The van der Waals surface area contributed by atoms with E-state index in [4.69, 9.17) is 5.26 Å². The van der Waals surface area contributed by atoms with Gasteiger partial charge in [0, 0.05) is 19.6 Å². The molecule has 1 N–H and O–H groups in total. The second kappa shape index (κ2) is 7.05. The lowest BCUT2D eigenvalue weighted by Gasteiger charge is -2.36. The number of aliphatic hydroxyl groups excluding tert-OH is 1. The Morgan fingerprint density at radius 3 is 2.75 bits per heavy atom. The number of hydrogen-bond acceptors (Lipinski definition) is 4. The summed E-state index contributed by atoms with van der Waals surface area (Å²) in [6.07, 6.45) is 3.39. The van der Waals surface area contributed by atoms with Crippen molar-refractivity contribution in [3.05, 3.63) is 66.0 Å². The molecule has 1 aliphatic heterocycles. The van der Waals surface area contributed by atoms with Crippen molar-refractivity contribution in [1.29, 1.82) is 5.26 Å². The van der Waals surface area contributed by atoms with Crippen molar-refractivity contribution in [2.45, 2.75) is 31.5 Å². The van der Waals surface area contributed by atoms with Crippen LogP contribution in [0.1, 0.15) is 30.0 Å². The summed E-state index contributed by atoms with van der Waals surface area (Å²) in [7, 11) is 0. The van der Waals surface area contributed by atoms with Crippen LogP contribution in [0.2, 0.25) is 0 Å². The molecule has 2 fully saturated rings. The van der Waals surface area contributed by atoms with Crippen molar-refractivity contribution in [2.24, 2.45) is 11.8 Å². The molecule has 4 atom stereocenters. The van der Waals surface area contributed by atoms with E-state index >= 15 is 0 Å². The Kier molecular flexibility index (Phi) is 4.38. The van der Waals surface area contributed by atoms with Crippen LogP contribution < -0.4 is 0 Å². The summed E-state index contributed by atoms with van der Waals surface area (Å²) < 4.78 is 2.18. The molecule has 5 heteroatoms. The van der Waals surface area contributed by atoms with E-state index in [0.29, 0.717) is 11.8 Å². The molecule has 2 heterocycles. The van der Waals surface area contributed by atoms with E-state index in [1.807, 2.05) is 42.7 Å². The van der Waals surface area contributed by atoms with Crippen LogP contribution in [0.25, 0.3) is 11.0 Å². The molecule has 0 radical (unpaired) electrons. The van der Waals surface area contributed by atoms with Gasteiger partial charge in [-0.25, -0.2) is 4.98 Å². The smallest absolute Gasteiger partial charge is 0.0991 e. The Labute approximate surface area is 164 Å². The van der Waals surface area contributed by atoms with Crippen LogP contribution in [-0.2, 0) is 6.54 Å². The number of benzene rings is 2. The normalized spacial score (nSPS) is 27.6. The highest BCUT2D eigenvalue weighted by atomic mass is 16.3. The third-order valence-corrected chi connectivity index (χ3v) is 6.49. The van der Waals surface area contributed by atoms with Crippen LogP contribution in [0.4, 0.5) is 0 Å². The summed E-state index contributed by atoms with van der Waals surface area (Å²) in [6, 6.07) is 18.4. The van der Waals surface area contributed by atoms with Crippen molar-refractivity contribution in [3.8, 4) is 6.07 Å². The number of nitrogens with zero attached hydrogens (tertiary/aromatic N) is 4. The number of para-hydroxylation sites is 2. The second-order valence-corrected chi connectivity index (χ2v) is 8.27. The first kappa shape index (κ1) is 17.4. The Hall–Kier alpha value is -2.68. The number of aliphatic hydroxyl groups is 1. The van der Waals surface area contributed by atoms with Gasteiger partial charge in [0.25, 0.3) is 0 Å². The number of fused-ring (bicyclic) bond motifs is 2. The Balaban J connectivity index is 1.32. The van der Waals surface area contributed by atoms with Gasteiger partial charge in [-0.2, -0.15) is 5.26 Å². The lowest BCUT2D eigenvalue weighted by atomic mass is 9.77. The van der Waals surface area contributed by atoms with Crippen LogP contribution >= 0.6 is 0 Å². The Morgan fingerprint density at radius 2 is 1.89 bits per heavy atom. The lowest BCUT2D eigenvalue weighted by Crippen LogP contribution is -2.36. The van der Waals surface area contributed by atoms with Crippen molar-refractivity contribution in [1.82, 2.24) is 14.5 Å². The molecule has 5 nitrogen and oxygen atoms in total.